The second kappa shape index (κ2) is 6.68. The fourth-order valence-electron chi connectivity index (χ4n) is 1.64. The van der Waals surface area contributed by atoms with Gasteiger partial charge in [0.1, 0.15) is 0 Å². The number of carboxylic acids is 1. The summed E-state index contributed by atoms with van der Waals surface area (Å²) in [5.74, 6) is -1.05. The molecule has 1 atom stereocenters. The minimum atomic E-state index is -1.05. The maximum absolute atomic E-state index is 11.8. The lowest BCUT2D eigenvalue weighted by Crippen LogP contribution is -2.36. The smallest absolute Gasteiger partial charge is 0.335 e. The zero-order chi connectivity index (χ0) is 14.6. The molecule has 0 aliphatic heterocycles. The van der Waals surface area contributed by atoms with Gasteiger partial charge in [0.2, 0.25) is 5.91 Å². The molecule has 0 unspecified atom stereocenters. The maximum atomic E-state index is 11.8. The van der Waals surface area contributed by atoms with E-state index in [1.165, 1.54) is 12.1 Å². The average Bonchev–Trinajstić information content (AvgIpc) is 2.26. The van der Waals surface area contributed by atoms with Gasteiger partial charge in [-0.1, -0.05) is 29.8 Å². The number of carbonyl (C=O) groups excluding carboxylic acids is 1. The largest absolute Gasteiger partial charge is 0.478 e. The van der Waals surface area contributed by atoms with Gasteiger partial charge in [0, 0.05) is 10.2 Å². The van der Waals surface area contributed by atoms with Gasteiger partial charge in [-0.2, -0.15) is 0 Å². The van der Waals surface area contributed by atoms with Crippen molar-refractivity contribution in [3.63, 3.8) is 0 Å². The number of carboxylic acid groups (broad SMARTS) is 1. The van der Waals surface area contributed by atoms with E-state index in [1.54, 1.807) is 6.07 Å². The van der Waals surface area contributed by atoms with Crippen LogP contribution in [0.4, 0.5) is 5.69 Å². The van der Waals surface area contributed by atoms with Gasteiger partial charge in [-0.3, -0.25) is 4.79 Å². The minimum Gasteiger partial charge on any atom is -0.478 e. The van der Waals surface area contributed by atoms with Gasteiger partial charge in [-0.25, -0.2) is 4.79 Å². The van der Waals surface area contributed by atoms with Gasteiger partial charge in [-0.15, -0.1) is 0 Å². The van der Waals surface area contributed by atoms with Crippen LogP contribution in [0.2, 0.25) is 0 Å². The van der Waals surface area contributed by atoms with Crippen LogP contribution >= 0.6 is 15.9 Å². The first-order chi connectivity index (χ1) is 8.79. The van der Waals surface area contributed by atoms with E-state index in [2.05, 4.69) is 21.2 Å². The average molecular weight is 329 g/mol. The molecular weight excluding hydrogens is 312 g/mol. The Morgan fingerprint density at radius 3 is 2.53 bits per heavy atom. The Morgan fingerprint density at radius 1 is 1.37 bits per heavy atom. The Balaban J connectivity index is 2.82. The highest BCUT2D eigenvalue weighted by Gasteiger charge is 2.16. The summed E-state index contributed by atoms with van der Waals surface area (Å²) in [4.78, 5) is 22.8. The third-order valence-corrected chi connectivity index (χ3v) is 2.93. The number of hydrogen-bond donors (Lipinski definition) is 3. The van der Waals surface area contributed by atoms with Gasteiger partial charge >= 0.3 is 5.97 Å². The Kier molecular flexibility index (Phi) is 5.50. The lowest BCUT2D eigenvalue weighted by Gasteiger charge is -2.14. The molecule has 4 N–H and O–H groups in total. The molecule has 6 heteroatoms. The van der Waals surface area contributed by atoms with Crippen LogP contribution < -0.4 is 11.1 Å². The first-order valence-corrected chi connectivity index (χ1v) is 6.69. The molecule has 0 saturated carbocycles. The van der Waals surface area contributed by atoms with E-state index in [9.17, 15) is 9.59 Å². The molecule has 0 fully saturated rings. The van der Waals surface area contributed by atoms with Crippen LogP contribution in [0.15, 0.2) is 22.7 Å². The van der Waals surface area contributed by atoms with Gasteiger partial charge in [0.15, 0.2) is 0 Å². The fraction of sp³-hybridized carbons (Fsp3) is 0.385. The number of aromatic carboxylic acids is 1. The van der Waals surface area contributed by atoms with Gasteiger partial charge in [0.05, 0.1) is 11.6 Å². The molecule has 1 amide bonds. The van der Waals surface area contributed by atoms with E-state index in [0.717, 1.165) is 0 Å². The van der Waals surface area contributed by atoms with Crippen LogP contribution in [0.3, 0.4) is 0 Å². The number of carbonyl (C=O) groups is 2. The second-order valence-electron chi connectivity index (χ2n) is 4.76. The molecule has 0 heterocycles. The Hall–Kier alpha value is -1.40. The first kappa shape index (κ1) is 15.7. The van der Waals surface area contributed by atoms with Crippen LogP contribution in [0, 0.1) is 5.92 Å². The van der Waals surface area contributed by atoms with E-state index in [1.807, 2.05) is 13.8 Å². The summed E-state index contributed by atoms with van der Waals surface area (Å²) in [6, 6.07) is 3.89. The number of nitrogens with one attached hydrogen (secondary N) is 1. The number of anilines is 1. The van der Waals surface area contributed by atoms with Crippen LogP contribution in [0.25, 0.3) is 0 Å². The van der Waals surface area contributed by atoms with Crippen molar-refractivity contribution < 1.29 is 14.7 Å². The first-order valence-electron chi connectivity index (χ1n) is 5.90. The maximum Gasteiger partial charge on any atom is 0.335 e. The molecule has 5 nitrogen and oxygen atoms in total. The SMILES string of the molecule is CC(C)C[C@H](N)C(=O)Nc1cc(Br)cc(C(=O)O)c1. The Morgan fingerprint density at radius 2 is 2.00 bits per heavy atom. The molecule has 0 aromatic heterocycles. The van der Waals surface area contributed by atoms with Crippen molar-refractivity contribution in [2.75, 3.05) is 5.32 Å². The predicted molar refractivity (Wildman–Crippen MR) is 77.2 cm³/mol. The van der Waals surface area contributed by atoms with E-state index >= 15 is 0 Å². The normalized spacial score (nSPS) is 12.3. The van der Waals surface area contributed by atoms with E-state index in [4.69, 9.17) is 10.8 Å². The molecule has 19 heavy (non-hydrogen) atoms. The number of amides is 1. The van der Waals surface area contributed by atoms with Crippen LogP contribution in [0.5, 0.6) is 0 Å². The Labute approximate surface area is 120 Å². The molecule has 0 spiro atoms. The monoisotopic (exact) mass is 328 g/mol. The zero-order valence-corrected chi connectivity index (χ0v) is 12.4. The van der Waals surface area contributed by atoms with E-state index in [0.29, 0.717) is 22.5 Å². The molecule has 0 aliphatic rings. The summed E-state index contributed by atoms with van der Waals surface area (Å²) >= 11 is 3.20. The summed E-state index contributed by atoms with van der Waals surface area (Å²) < 4.78 is 0.583. The van der Waals surface area contributed by atoms with Crippen molar-refractivity contribution >= 4 is 33.5 Å². The topological polar surface area (TPSA) is 92.4 Å². The Bertz CT molecular complexity index is 489. The van der Waals surface area contributed by atoms with Gasteiger partial charge in [-0.05, 0) is 30.5 Å². The van der Waals surface area contributed by atoms with Crippen molar-refractivity contribution in [3.8, 4) is 0 Å². The summed E-state index contributed by atoms with van der Waals surface area (Å²) in [7, 11) is 0. The van der Waals surface area contributed by atoms with Gasteiger partial charge < -0.3 is 16.2 Å². The molecule has 104 valence electrons. The highest BCUT2D eigenvalue weighted by Crippen LogP contribution is 2.20. The minimum absolute atomic E-state index is 0.0992. The number of benzene rings is 1. The van der Waals surface area contributed by atoms with Crippen molar-refractivity contribution in [2.24, 2.45) is 11.7 Å². The van der Waals surface area contributed by atoms with Crippen molar-refractivity contribution in [2.45, 2.75) is 26.3 Å². The molecule has 1 aromatic rings. The molecular formula is C13H17BrN2O3. The highest BCUT2D eigenvalue weighted by molar-refractivity contribution is 9.10. The highest BCUT2D eigenvalue weighted by atomic mass is 79.9. The number of rotatable bonds is 5. The zero-order valence-electron chi connectivity index (χ0n) is 10.8. The third-order valence-electron chi connectivity index (χ3n) is 2.47. The van der Waals surface area contributed by atoms with E-state index in [-0.39, 0.29) is 11.5 Å². The predicted octanol–water partition coefficient (Wildman–Crippen LogP) is 2.46. The fourth-order valence-corrected chi connectivity index (χ4v) is 2.13. The number of halogens is 1. The molecule has 0 aliphatic carbocycles. The number of nitrogens with two attached hydrogens (primary N) is 1. The van der Waals surface area contributed by atoms with E-state index < -0.39 is 12.0 Å². The molecule has 1 aromatic carbocycles. The van der Waals surface area contributed by atoms with Crippen molar-refractivity contribution in [1.29, 1.82) is 0 Å². The summed E-state index contributed by atoms with van der Waals surface area (Å²) in [6.45, 7) is 3.96. The molecule has 0 bridgehead atoms. The summed E-state index contributed by atoms with van der Waals surface area (Å²) in [6.07, 6.45) is 0.575. The molecule has 0 radical (unpaired) electrons. The lowest BCUT2D eigenvalue weighted by molar-refractivity contribution is -0.117. The number of hydrogen-bond acceptors (Lipinski definition) is 3. The molecule has 0 saturated heterocycles. The summed E-state index contributed by atoms with van der Waals surface area (Å²) in [5, 5.41) is 11.6. The van der Waals surface area contributed by atoms with Crippen molar-refractivity contribution in [3.05, 3.63) is 28.2 Å². The van der Waals surface area contributed by atoms with Crippen LogP contribution in [-0.4, -0.2) is 23.0 Å². The van der Waals surface area contributed by atoms with Crippen molar-refractivity contribution in [1.82, 2.24) is 0 Å². The van der Waals surface area contributed by atoms with Crippen LogP contribution in [0.1, 0.15) is 30.6 Å². The molecule has 1 rings (SSSR count). The van der Waals surface area contributed by atoms with Crippen LogP contribution in [-0.2, 0) is 4.79 Å². The standard InChI is InChI=1S/C13H17BrN2O3/c1-7(2)3-11(15)12(17)16-10-5-8(13(18)19)4-9(14)6-10/h4-7,11H,3,15H2,1-2H3,(H,16,17)(H,18,19)/t11-/m0/s1. The van der Waals surface area contributed by atoms with Gasteiger partial charge in [0.25, 0.3) is 0 Å². The summed E-state index contributed by atoms with van der Waals surface area (Å²) in [5.41, 5.74) is 6.27. The second-order valence-corrected chi connectivity index (χ2v) is 5.67. The lowest BCUT2D eigenvalue weighted by atomic mass is 10.0. The quantitative estimate of drug-likeness (QED) is 0.774. The third kappa shape index (κ3) is 5.00.